The highest BCUT2D eigenvalue weighted by atomic mass is 32.2. The lowest BCUT2D eigenvalue weighted by Crippen LogP contribution is -2.35. The Morgan fingerprint density at radius 1 is 0.960 bits per heavy atom. The summed E-state index contributed by atoms with van der Waals surface area (Å²) in [7, 11) is -3.76. The number of sulfonamides is 1. The van der Waals surface area contributed by atoms with Crippen LogP contribution in [-0.4, -0.2) is 20.2 Å². The van der Waals surface area contributed by atoms with Gasteiger partial charge in [0.25, 0.3) is 0 Å². The molecule has 0 radical (unpaired) electrons. The van der Waals surface area contributed by atoms with Gasteiger partial charge in [0.2, 0.25) is 10.0 Å². The topological polar surface area (TPSA) is 118 Å². The molecule has 0 heterocycles. The molecule has 4 N–H and O–H groups in total. The van der Waals surface area contributed by atoms with Crippen LogP contribution in [0.3, 0.4) is 0 Å². The van der Waals surface area contributed by atoms with E-state index in [1.54, 1.807) is 12.1 Å². The maximum Gasteiger partial charge on any atom is 0.313 e. The van der Waals surface area contributed by atoms with Crippen molar-refractivity contribution >= 4 is 27.5 Å². The third kappa shape index (κ3) is 5.40. The number of nitrogens with two attached hydrogens (primary N) is 1. The summed E-state index contributed by atoms with van der Waals surface area (Å²) in [6, 6.07) is 11.2. The minimum atomic E-state index is -3.76. The fourth-order valence-corrected chi connectivity index (χ4v) is 2.81. The van der Waals surface area contributed by atoms with Crippen molar-refractivity contribution in [2.75, 3.05) is 5.32 Å². The van der Waals surface area contributed by atoms with Gasteiger partial charge >= 0.3 is 11.8 Å². The van der Waals surface area contributed by atoms with Gasteiger partial charge in [-0.2, -0.15) is 0 Å². The van der Waals surface area contributed by atoms with Crippen molar-refractivity contribution < 1.29 is 18.0 Å². The Labute approximate surface area is 146 Å². The Kier molecular flexibility index (Phi) is 5.55. The number of primary sulfonamides is 1. The zero-order chi connectivity index (χ0) is 18.6. The van der Waals surface area contributed by atoms with E-state index in [0.29, 0.717) is 11.3 Å². The highest BCUT2D eigenvalue weighted by Gasteiger charge is 2.14. The van der Waals surface area contributed by atoms with Gasteiger partial charge < -0.3 is 10.6 Å². The Bertz CT molecular complexity index is 886. The molecule has 8 heteroatoms. The van der Waals surface area contributed by atoms with Crippen molar-refractivity contribution in [3.8, 4) is 0 Å². The molecule has 2 aromatic rings. The minimum Gasteiger partial charge on any atom is -0.344 e. The minimum absolute atomic E-state index is 0.0184. The van der Waals surface area contributed by atoms with E-state index in [9.17, 15) is 18.0 Å². The largest absolute Gasteiger partial charge is 0.344 e. The predicted octanol–water partition coefficient (Wildman–Crippen LogP) is 1.21. The third-order valence-electron chi connectivity index (χ3n) is 3.39. The van der Waals surface area contributed by atoms with Crippen LogP contribution in [0.15, 0.2) is 47.4 Å². The molecule has 25 heavy (non-hydrogen) atoms. The summed E-state index contributed by atoms with van der Waals surface area (Å²) in [5, 5.41) is 10.0. The first-order valence-electron chi connectivity index (χ1n) is 7.44. The zero-order valence-electron chi connectivity index (χ0n) is 13.9. The van der Waals surface area contributed by atoms with Crippen molar-refractivity contribution in [2.45, 2.75) is 25.3 Å². The third-order valence-corrected chi connectivity index (χ3v) is 4.32. The van der Waals surface area contributed by atoms with Crippen LogP contribution < -0.4 is 15.8 Å². The SMILES string of the molecule is Cc1cc(C)cc(NC(=O)C(=O)NCc2ccc(S(N)(=O)=O)cc2)c1. The number of hydrogen-bond acceptors (Lipinski definition) is 4. The van der Waals surface area contributed by atoms with E-state index in [2.05, 4.69) is 10.6 Å². The lowest BCUT2D eigenvalue weighted by atomic mass is 10.1. The standard InChI is InChI=1S/C17H19N3O4S/c1-11-7-12(2)9-14(8-11)20-17(22)16(21)19-10-13-3-5-15(6-4-13)25(18,23)24/h3-9H,10H2,1-2H3,(H,19,21)(H,20,22)(H2,18,23,24). The summed E-state index contributed by atoms with van der Waals surface area (Å²) in [6.07, 6.45) is 0. The highest BCUT2D eigenvalue weighted by molar-refractivity contribution is 7.89. The Morgan fingerprint density at radius 3 is 2.04 bits per heavy atom. The quantitative estimate of drug-likeness (QED) is 0.709. The molecule has 0 unspecified atom stereocenters. The molecule has 2 rings (SSSR count). The van der Waals surface area contributed by atoms with E-state index in [1.807, 2.05) is 19.9 Å². The average molecular weight is 361 g/mol. The molecule has 0 saturated carbocycles. The smallest absolute Gasteiger partial charge is 0.313 e. The molecule has 0 atom stereocenters. The van der Waals surface area contributed by atoms with Crippen molar-refractivity contribution in [3.63, 3.8) is 0 Å². The Balaban J connectivity index is 1.94. The highest BCUT2D eigenvalue weighted by Crippen LogP contribution is 2.13. The van der Waals surface area contributed by atoms with Crippen LogP contribution in [-0.2, 0) is 26.2 Å². The second-order valence-electron chi connectivity index (χ2n) is 5.70. The molecule has 2 aromatic carbocycles. The molecule has 132 valence electrons. The van der Waals surface area contributed by atoms with E-state index in [4.69, 9.17) is 5.14 Å². The molecular formula is C17H19N3O4S. The average Bonchev–Trinajstić information content (AvgIpc) is 2.51. The second-order valence-corrected chi connectivity index (χ2v) is 7.26. The predicted molar refractivity (Wildman–Crippen MR) is 94.2 cm³/mol. The van der Waals surface area contributed by atoms with Crippen LogP contribution in [0, 0.1) is 13.8 Å². The molecule has 0 saturated heterocycles. The van der Waals surface area contributed by atoms with E-state index in [-0.39, 0.29) is 11.4 Å². The molecule has 0 aliphatic carbocycles. The van der Waals surface area contributed by atoms with E-state index in [0.717, 1.165) is 11.1 Å². The fourth-order valence-electron chi connectivity index (χ4n) is 2.29. The lowest BCUT2D eigenvalue weighted by Gasteiger charge is -2.08. The number of nitrogens with one attached hydrogen (secondary N) is 2. The number of amides is 2. The van der Waals surface area contributed by atoms with Gasteiger partial charge in [0.15, 0.2) is 0 Å². The molecule has 0 aliphatic rings. The fraction of sp³-hybridized carbons (Fsp3) is 0.176. The van der Waals surface area contributed by atoms with Crippen LogP contribution in [0.1, 0.15) is 16.7 Å². The van der Waals surface area contributed by atoms with E-state index < -0.39 is 21.8 Å². The van der Waals surface area contributed by atoms with Gasteiger partial charge in [-0.3, -0.25) is 9.59 Å². The van der Waals surface area contributed by atoms with Gasteiger partial charge in [0.1, 0.15) is 0 Å². The van der Waals surface area contributed by atoms with Crippen molar-refractivity contribution in [2.24, 2.45) is 5.14 Å². The molecule has 0 fully saturated rings. The van der Waals surface area contributed by atoms with Crippen molar-refractivity contribution in [1.82, 2.24) is 5.32 Å². The first kappa shape index (κ1) is 18.6. The number of hydrogen-bond donors (Lipinski definition) is 3. The zero-order valence-corrected chi connectivity index (χ0v) is 14.7. The second kappa shape index (κ2) is 7.45. The van der Waals surface area contributed by atoms with Crippen LogP contribution >= 0.6 is 0 Å². The van der Waals surface area contributed by atoms with Crippen molar-refractivity contribution in [3.05, 3.63) is 59.2 Å². The summed E-state index contributed by atoms with van der Waals surface area (Å²) in [6.45, 7) is 3.88. The number of benzene rings is 2. The maximum atomic E-state index is 11.9. The summed E-state index contributed by atoms with van der Waals surface area (Å²) in [4.78, 5) is 23.8. The monoisotopic (exact) mass is 361 g/mol. The Morgan fingerprint density at radius 2 is 1.52 bits per heavy atom. The van der Waals surface area contributed by atoms with E-state index in [1.165, 1.54) is 24.3 Å². The molecule has 7 nitrogen and oxygen atoms in total. The molecule has 0 bridgehead atoms. The van der Waals surface area contributed by atoms with Crippen LogP contribution in [0.25, 0.3) is 0 Å². The van der Waals surface area contributed by atoms with Crippen LogP contribution in [0.5, 0.6) is 0 Å². The summed E-state index contributed by atoms with van der Waals surface area (Å²) in [5.74, 6) is -1.55. The van der Waals surface area contributed by atoms with Gasteiger partial charge in [0, 0.05) is 12.2 Å². The lowest BCUT2D eigenvalue weighted by molar-refractivity contribution is -0.136. The molecule has 0 aliphatic heterocycles. The van der Waals surface area contributed by atoms with E-state index >= 15 is 0 Å². The molecular weight excluding hydrogens is 342 g/mol. The normalized spacial score (nSPS) is 11.0. The van der Waals surface area contributed by atoms with Gasteiger partial charge in [-0.25, -0.2) is 13.6 Å². The number of carbonyl (C=O) groups excluding carboxylic acids is 2. The first-order chi connectivity index (χ1) is 11.6. The Hall–Kier alpha value is -2.71. The molecule has 0 aromatic heterocycles. The summed E-state index contributed by atoms with van der Waals surface area (Å²) < 4.78 is 22.4. The molecule has 2 amide bonds. The molecule has 0 spiro atoms. The summed E-state index contributed by atoms with van der Waals surface area (Å²) >= 11 is 0. The van der Waals surface area contributed by atoms with Crippen LogP contribution in [0.4, 0.5) is 5.69 Å². The van der Waals surface area contributed by atoms with Crippen molar-refractivity contribution in [1.29, 1.82) is 0 Å². The number of aryl methyl sites for hydroxylation is 2. The van der Waals surface area contributed by atoms with Gasteiger partial charge in [-0.1, -0.05) is 18.2 Å². The maximum absolute atomic E-state index is 11.9. The van der Waals surface area contributed by atoms with Gasteiger partial charge in [-0.05, 0) is 54.8 Å². The number of rotatable bonds is 4. The summed E-state index contributed by atoms with van der Waals surface area (Å²) in [5.41, 5.74) is 3.14. The first-order valence-corrected chi connectivity index (χ1v) is 8.99. The van der Waals surface area contributed by atoms with Crippen LogP contribution in [0.2, 0.25) is 0 Å². The number of carbonyl (C=O) groups is 2. The number of anilines is 1. The van der Waals surface area contributed by atoms with Gasteiger partial charge in [0.05, 0.1) is 4.90 Å². The van der Waals surface area contributed by atoms with Gasteiger partial charge in [-0.15, -0.1) is 0 Å².